The summed E-state index contributed by atoms with van der Waals surface area (Å²) < 4.78 is 33.4. The predicted molar refractivity (Wildman–Crippen MR) is 151 cm³/mol. The Labute approximate surface area is 229 Å². The lowest BCUT2D eigenvalue weighted by Gasteiger charge is -2.29. The van der Waals surface area contributed by atoms with Crippen molar-refractivity contribution in [3.8, 4) is 17.2 Å². The lowest BCUT2D eigenvalue weighted by atomic mass is 9.98. The molecule has 1 saturated heterocycles. The maximum absolute atomic E-state index is 13.2. The highest BCUT2D eigenvalue weighted by Crippen LogP contribution is 2.27. The number of hydrogen-bond acceptors (Lipinski definition) is 7. The highest BCUT2D eigenvalue weighted by Gasteiger charge is 2.19. The van der Waals surface area contributed by atoms with Crippen LogP contribution in [-0.2, 0) is 14.8 Å². The van der Waals surface area contributed by atoms with Gasteiger partial charge in [-0.2, -0.15) is 5.26 Å². The number of aryl methyl sites for hydroxylation is 1. The Balaban J connectivity index is 1.54. The maximum Gasteiger partial charge on any atom is 0.255 e. The Morgan fingerprint density at radius 2 is 1.79 bits per heavy atom. The molecule has 3 aromatic rings. The number of nitrogens with zero attached hydrogens (tertiary/aromatic N) is 3. The third kappa shape index (κ3) is 7.20. The second-order valence-electron chi connectivity index (χ2n) is 10.7. The summed E-state index contributed by atoms with van der Waals surface area (Å²) in [6, 6.07) is 15.6. The average Bonchev–Trinajstić information content (AvgIpc) is 2.93. The molecule has 204 valence electrons. The second-order valence-corrected chi connectivity index (χ2v) is 12.5. The number of sulfonamides is 1. The van der Waals surface area contributed by atoms with E-state index >= 15 is 0 Å². The van der Waals surface area contributed by atoms with Crippen LogP contribution in [0.2, 0.25) is 0 Å². The van der Waals surface area contributed by atoms with Crippen LogP contribution in [0, 0.1) is 23.7 Å². The van der Waals surface area contributed by atoms with E-state index in [0.29, 0.717) is 49.7 Å². The Morgan fingerprint density at radius 1 is 1.10 bits per heavy atom. The fourth-order valence-corrected chi connectivity index (χ4v) is 5.40. The summed E-state index contributed by atoms with van der Waals surface area (Å²) in [5, 5.41) is 12.4. The van der Waals surface area contributed by atoms with Crippen molar-refractivity contribution in [1.29, 1.82) is 5.26 Å². The molecule has 1 aliphatic rings. The Kier molecular flexibility index (Phi) is 8.35. The molecule has 1 aromatic heterocycles. The number of nitriles is 1. The first-order valence-corrected chi connectivity index (χ1v) is 14.2. The average molecular weight is 548 g/mol. The van der Waals surface area contributed by atoms with Gasteiger partial charge in [0.2, 0.25) is 10.0 Å². The van der Waals surface area contributed by atoms with Crippen LogP contribution < -0.4 is 14.9 Å². The number of benzene rings is 2. The van der Waals surface area contributed by atoms with E-state index < -0.39 is 10.0 Å². The standard InChI is InChI=1S/C29H33N5O4S/c1-20-27(22-5-7-26(8-6-22)39(36,37)32-19-29(2,3)4)16-24(18-31-20)33-28(35)23-13-21(17-30)14-25(15-23)34-9-11-38-12-10-34/h5-8,13-16,18,32H,9-12,19H2,1-4H3,(H,33,35). The molecule has 1 aliphatic heterocycles. The molecule has 1 amide bonds. The predicted octanol–water partition coefficient (Wildman–Crippen LogP) is 4.34. The van der Waals surface area contributed by atoms with Crippen LogP contribution in [-0.4, -0.2) is 52.2 Å². The Bertz CT molecular complexity index is 1500. The normalized spacial score (nSPS) is 14.1. The second kappa shape index (κ2) is 11.5. The number of anilines is 2. The lowest BCUT2D eigenvalue weighted by molar-refractivity contribution is 0.102. The molecule has 0 aliphatic carbocycles. The molecule has 0 saturated carbocycles. The first-order valence-electron chi connectivity index (χ1n) is 12.7. The molecule has 0 unspecified atom stereocenters. The van der Waals surface area contributed by atoms with Crippen LogP contribution in [0.4, 0.5) is 11.4 Å². The molecule has 0 bridgehead atoms. The lowest BCUT2D eigenvalue weighted by Crippen LogP contribution is -2.36. The molecular weight excluding hydrogens is 514 g/mol. The number of pyridine rings is 1. The van der Waals surface area contributed by atoms with Gasteiger partial charge in [-0.1, -0.05) is 32.9 Å². The minimum absolute atomic E-state index is 0.180. The van der Waals surface area contributed by atoms with Crippen molar-refractivity contribution in [3.63, 3.8) is 0 Å². The van der Waals surface area contributed by atoms with Crippen molar-refractivity contribution in [3.05, 3.63) is 71.5 Å². The van der Waals surface area contributed by atoms with Gasteiger partial charge in [-0.3, -0.25) is 9.78 Å². The molecule has 2 heterocycles. The van der Waals surface area contributed by atoms with Crippen molar-refractivity contribution in [2.45, 2.75) is 32.6 Å². The molecule has 2 aromatic carbocycles. The van der Waals surface area contributed by atoms with Crippen molar-refractivity contribution in [2.24, 2.45) is 5.41 Å². The van der Waals surface area contributed by atoms with E-state index in [1.807, 2.05) is 27.7 Å². The molecule has 9 nitrogen and oxygen atoms in total. The summed E-state index contributed by atoms with van der Waals surface area (Å²) in [5.74, 6) is -0.357. The van der Waals surface area contributed by atoms with Crippen LogP contribution >= 0.6 is 0 Å². The first-order chi connectivity index (χ1) is 18.4. The number of carbonyl (C=O) groups excluding carboxylic acids is 1. The third-order valence-electron chi connectivity index (χ3n) is 6.30. The number of carbonyl (C=O) groups is 1. The number of aromatic nitrogens is 1. The summed E-state index contributed by atoms with van der Waals surface area (Å²) in [5.41, 5.74) is 4.15. The van der Waals surface area contributed by atoms with Gasteiger partial charge >= 0.3 is 0 Å². The highest BCUT2D eigenvalue weighted by molar-refractivity contribution is 7.89. The van der Waals surface area contributed by atoms with E-state index in [-0.39, 0.29) is 16.2 Å². The van der Waals surface area contributed by atoms with Gasteiger partial charge in [-0.25, -0.2) is 13.1 Å². The number of amides is 1. The Hall–Kier alpha value is -3.78. The zero-order valence-corrected chi connectivity index (χ0v) is 23.4. The fourth-order valence-electron chi connectivity index (χ4n) is 4.12. The zero-order chi connectivity index (χ0) is 28.2. The SMILES string of the molecule is Cc1ncc(NC(=O)c2cc(C#N)cc(N3CCOCC3)c2)cc1-c1ccc(S(=O)(=O)NCC(C)(C)C)cc1. The minimum atomic E-state index is -3.63. The highest BCUT2D eigenvalue weighted by atomic mass is 32.2. The van der Waals surface area contributed by atoms with Crippen LogP contribution in [0.5, 0.6) is 0 Å². The van der Waals surface area contributed by atoms with Gasteiger partial charge in [0.25, 0.3) is 5.91 Å². The molecule has 39 heavy (non-hydrogen) atoms. The Morgan fingerprint density at radius 3 is 2.44 bits per heavy atom. The number of hydrogen-bond donors (Lipinski definition) is 2. The molecule has 4 rings (SSSR count). The number of nitrogens with one attached hydrogen (secondary N) is 2. The van der Waals surface area contributed by atoms with Crippen molar-refractivity contribution >= 4 is 27.3 Å². The zero-order valence-electron chi connectivity index (χ0n) is 22.6. The summed E-state index contributed by atoms with van der Waals surface area (Å²) in [4.78, 5) is 19.9. The van der Waals surface area contributed by atoms with E-state index in [0.717, 1.165) is 22.5 Å². The summed E-state index contributed by atoms with van der Waals surface area (Å²) in [7, 11) is -3.63. The maximum atomic E-state index is 13.2. The van der Waals surface area contributed by atoms with E-state index in [2.05, 4.69) is 26.0 Å². The van der Waals surface area contributed by atoms with Crippen molar-refractivity contribution < 1.29 is 17.9 Å². The summed E-state index contributed by atoms with van der Waals surface area (Å²) in [6.45, 7) is 10.6. The molecule has 10 heteroatoms. The summed E-state index contributed by atoms with van der Waals surface area (Å²) in [6.07, 6.45) is 1.57. The topological polar surface area (TPSA) is 124 Å². The molecule has 2 N–H and O–H groups in total. The summed E-state index contributed by atoms with van der Waals surface area (Å²) >= 11 is 0. The van der Waals surface area contributed by atoms with Crippen LogP contribution in [0.1, 0.15) is 42.4 Å². The smallest absolute Gasteiger partial charge is 0.255 e. The molecule has 0 spiro atoms. The molecule has 0 atom stereocenters. The fraction of sp³-hybridized carbons (Fsp3) is 0.345. The monoisotopic (exact) mass is 547 g/mol. The van der Waals surface area contributed by atoms with E-state index in [4.69, 9.17) is 4.74 Å². The van der Waals surface area contributed by atoms with Crippen LogP contribution in [0.3, 0.4) is 0 Å². The molecule has 1 fully saturated rings. The number of ether oxygens (including phenoxy) is 1. The van der Waals surface area contributed by atoms with Crippen molar-refractivity contribution in [1.82, 2.24) is 9.71 Å². The van der Waals surface area contributed by atoms with E-state index in [1.54, 1.807) is 54.7 Å². The van der Waals surface area contributed by atoms with Gasteiger partial charge in [-0.15, -0.1) is 0 Å². The van der Waals surface area contributed by atoms with Gasteiger partial charge in [0.1, 0.15) is 0 Å². The quantitative estimate of drug-likeness (QED) is 0.451. The first kappa shape index (κ1) is 28.2. The molecule has 0 radical (unpaired) electrons. The van der Waals surface area contributed by atoms with Gasteiger partial charge in [-0.05, 0) is 54.3 Å². The van der Waals surface area contributed by atoms with Crippen LogP contribution in [0.25, 0.3) is 11.1 Å². The van der Waals surface area contributed by atoms with Crippen molar-refractivity contribution in [2.75, 3.05) is 43.1 Å². The van der Waals surface area contributed by atoms with Gasteiger partial charge in [0.05, 0.1) is 41.6 Å². The van der Waals surface area contributed by atoms with Gasteiger partial charge < -0.3 is 15.0 Å². The number of morpholine rings is 1. The number of rotatable bonds is 7. The largest absolute Gasteiger partial charge is 0.378 e. The third-order valence-corrected chi connectivity index (χ3v) is 7.72. The van der Waals surface area contributed by atoms with Gasteiger partial charge in [0.15, 0.2) is 0 Å². The molecular formula is C29H33N5O4S. The van der Waals surface area contributed by atoms with E-state index in [1.165, 1.54) is 0 Å². The van der Waals surface area contributed by atoms with Crippen LogP contribution in [0.15, 0.2) is 59.6 Å². The van der Waals surface area contributed by atoms with Gasteiger partial charge in [0, 0.05) is 42.1 Å². The minimum Gasteiger partial charge on any atom is -0.378 e. The van der Waals surface area contributed by atoms with E-state index in [9.17, 15) is 18.5 Å².